The van der Waals surface area contributed by atoms with E-state index in [0.717, 1.165) is 54.7 Å². The summed E-state index contributed by atoms with van der Waals surface area (Å²) in [6.45, 7) is 6.52. The molecule has 0 spiro atoms. The fraction of sp³-hybridized carbons (Fsp3) is 0.481. The summed E-state index contributed by atoms with van der Waals surface area (Å²) in [6.07, 6.45) is 10.8. The summed E-state index contributed by atoms with van der Waals surface area (Å²) >= 11 is 1.63. The Morgan fingerprint density at radius 3 is 2.84 bits per heavy atom. The molecule has 1 fully saturated rings. The molecule has 1 heterocycles. The number of fused-ring (bicyclic) bond motifs is 3. The van der Waals surface area contributed by atoms with Crippen LogP contribution in [0.25, 0.3) is 0 Å². The predicted molar refractivity (Wildman–Crippen MR) is 129 cm³/mol. The molecule has 0 amide bonds. The molecule has 0 saturated heterocycles. The summed E-state index contributed by atoms with van der Waals surface area (Å²) in [5, 5.41) is 16.6. The van der Waals surface area contributed by atoms with Crippen LogP contribution in [0.1, 0.15) is 73.6 Å². The SMILES string of the molecule is C#CCON=C(c1cccs1)c1cc2c(cc1CC)CC[C@H]1[C@](C)(C(=O)O)CCC[C@]21C. The van der Waals surface area contributed by atoms with Gasteiger partial charge in [0.15, 0.2) is 6.61 Å². The number of thiophene rings is 1. The van der Waals surface area contributed by atoms with Crippen LogP contribution in [0.4, 0.5) is 0 Å². The Morgan fingerprint density at radius 1 is 1.38 bits per heavy atom. The van der Waals surface area contributed by atoms with E-state index in [1.165, 1.54) is 16.7 Å². The quantitative estimate of drug-likeness (QED) is 0.262. The van der Waals surface area contributed by atoms with Crippen LogP contribution in [0.5, 0.6) is 0 Å². The van der Waals surface area contributed by atoms with Gasteiger partial charge in [-0.2, -0.15) is 0 Å². The van der Waals surface area contributed by atoms with Crippen LogP contribution in [-0.2, 0) is 27.9 Å². The highest BCUT2D eigenvalue weighted by molar-refractivity contribution is 7.12. The molecule has 32 heavy (non-hydrogen) atoms. The number of benzene rings is 1. The summed E-state index contributed by atoms with van der Waals surface area (Å²) in [4.78, 5) is 18.8. The van der Waals surface area contributed by atoms with Gasteiger partial charge in [0.2, 0.25) is 0 Å². The summed E-state index contributed by atoms with van der Waals surface area (Å²) < 4.78 is 0. The van der Waals surface area contributed by atoms with E-state index in [9.17, 15) is 9.90 Å². The summed E-state index contributed by atoms with van der Waals surface area (Å²) in [5.74, 6) is 1.94. The van der Waals surface area contributed by atoms with Crippen molar-refractivity contribution in [2.24, 2.45) is 16.5 Å². The minimum absolute atomic E-state index is 0.119. The van der Waals surface area contributed by atoms with E-state index >= 15 is 0 Å². The van der Waals surface area contributed by atoms with Crippen molar-refractivity contribution in [3.63, 3.8) is 0 Å². The number of terminal acetylenes is 1. The second-order valence-corrected chi connectivity index (χ2v) is 10.4. The number of aliphatic carboxylic acids is 1. The molecule has 0 bridgehead atoms. The second-order valence-electron chi connectivity index (χ2n) is 9.50. The molecule has 1 N–H and O–H groups in total. The lowest BCUT2D eigenvalue weighted by Crippen LogP contribution is -2.52. The zero-order valence-corrected chi connectivity index (χ0v) is 19.9. The smallest absolute Gasteiger partial charge is 0.309 e. The van der Waals surface area contributed by atoms with Crippen LogP contribution in [-0.4, -0.2) is 23.4 Å². The van der Waals surface area contributed by atoms with Crippen molar-refractivity contribution >= 4 is 23.0 Å². The average molecular weight is 450 g/mol. The minimum Gasteiger partial charge on any atom is -0.481 e. The minimum atomic E-state index is -0.686. The summed E-state index contributed by atoms with van der Waals surface area (Å²) in [5.41, 5.74) is 4.89. The Bertz CT molecular complexity index is 1080. The maximum Gasteiger partial charge on any atom is 0.309 e. The number of carboxylic acids is 1. The van der Waals surface area contributed by atoms with Gasteiger partial charge in [-0.15, -0.1) is 17.8 Å². The molecule has 2 aliphatic rings. The van der Waals surface area contributed by atoms with Gasteiger partial charge in [0, 0.05) is 5.56 Å². The molecule has 4 rings (SSSR count). The highest BCUT2D eigenvalue weighted by Crippen LogP contribution is 2.57. The second kappa shape index (κ2) is 8.75. The van der Waals surface area contributed by atoms with Crippen molar-refractivity contribution in [2.45, 2.75) is 64.7 Å². The number of aryl methyl sites for hydroxylation is 2. The molecule has 0 radical (unpaired) electrons. The highest BCUT2D eigenvalue weighted by Gasteiger charge is 2.55. The van der Waals surface area contributed by atoms with Gasteiger partial charge in [0.1, 0.15) is 5.71 Å². The number of carboxylic acid groups (broad SMARTS) is 1. The topological polar surface area (TPSA) is 58.9 Å². The number of nitrogens with zero attached hydrogens (tertiary/aromatic N) is 1. The van der Waals surface area contributed by atoms with E-state index in [1.54, 1.807) is 11.3 Å². The number of rotatable bonds is 6. The van der Waals surface area contributed by atoms with Crippen LogP contribution in [0.15, 0.2) is 34.8 Å². The van der Waals surface area contributed by atoms with E-state index in [1.807, 2.05) is 24.4 Å². The van der Waals surface area contributed by atoms with Crippen molar-refractivity contribution in [2.75, 3.05) is 6.61 Å². The maximum atomic E-state index is 12.3. The van der Waals surface area contributed by atoms with Gasteiger partial charge in [-0.3, -0.25) is 4.79 Å². The molecule has 168 valence electrons. The van der Waals surface area contributed by atoms with Gasteiger partial charge >= 0.3 is 5.97 Å². The molecule has 1 saturated carbocycles. The van der Waals surface area contributed by atoms with E-state index < -0.39 is 11.4 Å². The van der Waals surface area contributed by atoms with Crippen molar-refractivity contribution in [3.8, 4) is 12.3 Å². The Hall–Kier alpha value is -2.58. The van der Waals surface area contributed by atoms with E-state index in [0.29, 0.717) is 0 Å². The lowest BCUT2D eigenvalue weighted by atomic mass is 9.49. The first-order valence-electron chi connectivity index (χ1n) is 11.4. The van der Waals surface area contributed by atoms with Crippen molar-refractivity contribution in [1.82, 2.24) is 0 Å². The first-order chi connectivity index (χ1) is 15.3. The van der Waals surface area contributed by atoms with Gasteiger partial charge in [0.25, 0.3) is 0 Å². The average Bonchev–Trinajstić information content (AvgIpc) is 3.30. The fourth-order valence-electron chi connectivity index (χ4n) is 6.11. The van der Waals surface area contributed by atoms with Crippen molar-refractivity contribution in [3.05, 3.63) is 56.8 Å². The predicted octanol–water partition coefficient (Wildman–Crippen LogP) is 5.81. The van der Waals surface area contributed by atoms with Crippen LogP contribution in [0.2, 0.25) is 0 Å². The standard InChI is InChI=1S/C27H31NO3S/c1-5-14-31-28-24(22-9-7-15-32-22)20-17-21-19(16-18(20)6-2)10-11-23-26(21,3)12-8-13-27(23,4)25(29)30/h1,7,9,15-17,23H,6,8,10-14H2,2-4H3,(H,29,30)/t23-,26-,27-/m1/s1. The van der Waals surface area contributed by atoms with E-state index in [4.69, 9.17) is 11.3 Å². The highest BCUT2D eigenvalue weighted by atomic mass is 32.1. The van der Waals surface area contributed by atoms with Gasteiger partial charge in [-0.25, -0.2) is 0 Å². The number of hydrogen-bond donors (Lipinski definition) is 1. The molecule has 2 aliphatic carbocycles. The van der Waals surface area contributed by atoms with Crippen LogP contribution >= 0.6 is 11.3 Å². The van der Waals surface area contributed by atoms with Gasteiger partial charge < -0.3 is 9.94 Å². The molecule has 5 heteroatoms. The van der Waals surface area contributed by atoms with E-state index in [-0.39, 0.29) is 17.9 Å². The lowest BCUT2D eigenvalue weighted by Gasteiger charge is -2.53. The fourth-order valence-corrected chi connectivity index (χ4v) is 6.83. The largest absolute Gasteiger partial charge is 0.481 e. The molecule has 0 aliphatic heterocycles. The summed E-state index contributed by atoms with van der Waals surface area (Å²) in [6, 6.07) is 8.67. The third-order valence-electron chi connectivity index (χ3n) is 7.76. The molecule has 0 unspecified atom stereocenters. The molecule has 1 aromatic carbocycles. The normalized spacial score (nSPS) is 27.2. The zero-order chi connectivity index (χ0) is 22.9. The Kier molecular flexibility index (Phi) is 6.18. The monoisotopic (exact) mass is 449 g/mol. The first-order valence-corrected chi connectivity index (χ1v) is 12.3. The van der Waals surface area contributed by atoms with Gasteiger partial charge in [-0.1, -0.05) is 43.5 Å². The number of carbonyl (C=O) groups is 1. The van der Waals surface area contributed by atoms with Crippen LogP contribution < -0.4 is 0 Å². The Morgan fingerprint density at radius 2 is 2.19 bits per heavy atom. The summed E-state index contributed by atoms with van der Waals surface area (Å²) in [7, 11) is 0. The van der Waals surface area contributed by atoms with E-state index in [2.05, 4.69) is 37.1 Å². The lowest BCUT2D eigenvalue weighted by molar-refractivity contribution is -0.157. The van der Waals surface area contributed by atoms with Crippen molar-refractivity contribution in [1.29, 1.82) is 0 Å². The maximum absolute atomic E-state index is 12.3. The molecular formula is C27H31NO3S. The molecule has 4 nitrogen and oxygen atoms in total. The number of oxime groups is 1. The molecular weight excluding hydrogens is 418 g/mol. The van der Waals surface area contributed by atoms with Crippen LogP contribution in [0, 0.1) is 23.7 Å². The van der Waals surface area contributed by atoms with Gasteiger partial charge in [-0.05, 0) is 84.6 Å². The Balaban J connectivity index is 1.88. The van der Waals surface area contributed by atoms with Gasteiger partial charge in [0.05, 0.1) is 10.3 Å². The first kappa shape index (κ1) is 22.6. The van der Waals surface area contributed by atoms with Crippen molar-refractivity contribution < 1.29 is 14.7 Å². The van der Waals surface area contributed by atoms with Crippen LogP contribution in [0.3, 0.4) is 0 Å². The molecule has 3 atom stereocenters. The zero-order valence-electron chi connectivity index (χ0n) is 19.1. The molecule has 2 aromatic rings. The molecule has 1 aromatic heterocycles. The number of hydrogen-bond acceptors (Lipinski definition) is 4. The third kappa shape index (κ3) is 3.65. The third-order valence-corrected chi connectivity index (χ3v) is 8.64. The Labute approximate surface area is 194 Å².